The molecule has 4 aromatic rings. The van der Waals surface area contributed by atoms with Gasteiger partial charge in [0, 0.05) is 13.5 Å². The number of nitrogens with one attached hydrogen (secondary N) is 1. The van der Waals surface area contributed by atoms with Crippen molar-refractivity contribution in [1.29, 1.82) is 0 Å². The van der Waals surface area contributed by atoms with Gasteiger partial charge in [0.15, 0.2) is 0 Å². The molecule has 0 saturated carbocycles. The number of para-hydroxylation sites is 2. The molecule has 0 saturated heterocycles. The summed E-state index contributed by atoms with van der Waals surface area (Å²) in [7, 11) is 2.10. The Morgan fingerprint density at radius 2 is 2.04 bits per heavy atom. The van der Waals surface area contributed by atoms with Crippen molar-refractivity contribution in [2.45, 2.75) is 26.2 Å². The molecular weight excluding hydrogens is 284 g/mol. The summed E-state index contributed by atoms with van der Waals surface area (Å²) >= 11 is 0. The lowest BCUT2D eigenvalue weighted by molar-refractivity contribution is 0.690. The molecule has 0 amide bonds. The van der Waals surface area contributed by atoms with Crippen molar-refractivity contribution >= 4 is 22.1 Å². The number of aromatic amines is 1. The highest BCUT2D eigenvalue weighted by Crippen LogP contribution is 2.26. The number of aryl methyl sites for hydroxylation is 2. The molecule has 0 radical (unpaired) electrons. The average Bonchev–Trinajstić information content (AvgIpc) is 3.13. The van der Waals surface area contributed by atoms with E-state index in [1.165, 1.54) is 16.6 Å². The first-order chi connectivity index (χ1) is 11.1. The van der Waals surface area contributed by atoms with Gasteiger partial charge in [-0.05, 0) is 42.2 Å². The summed E-state index contributed by atoms with van der Waals surface area (Å²) in [5, 5.41) is 0. The SMILES string of the molecule is Cc1cc(C(C)Cc2nc3ccccc3n2C)cc2[nH]cnc12. The molecule has 2 aromatic carbocycles. The molecule has 116 valence electrons. The second kappa shape index (κ2) is 5.23. The van der Waals surface area contributed by atoms with E-state index in [1.807, 2.05) is 6.07 Å². The lowest BCUT2D eigenvalue weighted by Gasteiger charge is -2.13. The van der Waals surface area contributed by atoms with Crippen LogP contribution in [-0.2, 0) is 13.5 Å². The van der Waals surface area contributed by atoms with Gasteiger partial charge in [0.25, 0.3) is 0 Å². The van der Waals surface area contributed by atoms with Crippen molar-refractivity contribution in [3.05, 3.63) is 59.7 Å². The molecule has 23 heavy (non-hydrogen) atoms. The molecule has 2 heterocycles. The number of rotatable bonds is 3. The van der Waals surface area contributed by atoms with Gasteiger partial charge in [-0.3, -0.25) is 0 Å². The number of aromatic nitrogens is 4. The van der Waals surface area contributed by atoms with Crippen LogP contribution >= 0.6 is 0 Å². The lowest BCUT2D eigenvalue weighted by Crippen LogP contribution is -2.05. The summed E-state index contributed by atoms with van der Waals surface area (Å²) in [4.78, 5) is 12.4. The predicted molar refractivity (Wildman–Crippen MR) is 93.7 cm³/mol. The molecule has 2 aromatic heterocycles. The Labute approximate surface area is 135 Å². The van der Waals surface area contributed by atoms with Crippen LogP contribution in [0.3, 0.4) is 0 Å². The first-order valence-electron chi connectivity index (χ1n) is 7.97. The molecule has 4 nitrogen and oxygen atoms in total. The molecule has 0 aliphatic heterocycles. The van der Waals surface area contributed by atoms with Gasteiger partial charge in [0.1, 0.15) is 5.82 Å². The van der Waals surface area contributed by atoms with Crippen molar-refractivity contribution in [3.63, 3.8) is 0 Å². The number of hydrogen-bond donors (Lipinski definition) is 1. The maximum absolute atomic E-state index is 4.80. The Balaban J connectivity index is 1.70. The van der Waals surface area contributed by atoms with E-state index in [4.69, 9.17) is 4.98 Å². The summed E-state index contributed by atoms with van der Waals surface area (Å²) in [6.45, 7) is 4.38. The van der Waals surface area contributed by atoms with Crippen LogP contribution in [0.4, 0.5) is 0 Å². The predicted octanol–water partition coefficient (Wildman–Crippen LogP) is 4.10. The minimum absolute atomic E-state index is 0.400. The van der Waals surface area contributed by atoms with E-state index in [2.05, 4.69) is 65.8 Å². The summed E-state index contributed by atoms with van der Waals surface area (Å²) in [6.07, 6.45) is 2.68. The highest BCUT2D eigenvalue weighted by atomic mass is 15.1. The van der Waals surface area contributed by atoms with Gasteiger partial charge < -0.3 is 9.55 Å². The van der Waals surface area contributed by atoms with Crippen molar-refractivity contribution in [3.8, 4) is 0 Å². The fourth-order valence-electron chi connectivity index (χ4n) is 3.31. The van der Waals surface area contributed by atoms with E-state index in [9.17, 15) is 0 Å². The number of benzene rings is 2. The summed E-state index contributed by atoms with van der Waals surface area (Å²) in [5.41, 5.74) is 6.97. The molecular formula is C19H20N4. The van der Waals surface area contributed by atoms with Crippen molar-refractivity contribution in [2.24, 2.45) is 7.05 Å². The first kappa shape index (κ1) is 14.0. The van der Waals surface area contributed by atoms with Gasteiger partial charge >= 0.3 is 0 Å². The largest absolute Gasteiger partial charge is 0.345 e. The minimum atomic E-state index is 0.400. The van der Waals surface area contributed by atoms with Gasteiger partial charge in [-0.2, -0.15) is 0 Å². The van der Waals surface area contributed by atoms with Crippen LogP contribution in [0.1, 0.15) is 29.8 Å². The minimum Gasteiger partial charge on any atom is -0.345 e. The normalized spacial score (nSPS) is 13.0. The standard InChI is InChI=1S/C19H20N4/c1-12(14-8-13(2)19-16(10-14)20-11-21-19)9-18-22-15-6-4-5-7-17(15)23(18)3/h4-8,10-12H,9H2,1-3H3,(H,20,21). The van der Waals surface area contributed by atoms with E-state index in [0.717, 1.165) is 28.8 Å². The number of hydrogen-bond acceptors (Lipinski definition) is 2. The number of nitrogens with zero attached hydrogens (tertiary/aromatic N) is 3. The fraction of sp³-hybridized carbons (Fsp3) is 0.263. The average molecular weight is 304 g/mol. The molecule has 0 spiro atoms. The van der Waals surface area contributed by atoms with E-state index >= 15 is 0 Å². The fourth-order valence-corrected chi connectivity index (χ4v) is 3.31. The Kier molecular flexibility index (Phi) is 3.18. The number of imidazole rings is 2. The van der Waals surface area contributed by atoms with Crippen molar-refractivity contribution in [1.82, 2.24) is 19.5 Å². The highest BCUT2D eigenvalue weighted by Gasteiger charge is 2.14. The van der Waals surface area contributed by atoms with Crippen LogP contribution in [0, 0.1) is 6.92 Å². The topological polar surface area (TPSA) is 46.5 Å². The third kappa shape index (κ3) is 2.31. The number of fused-ring (bicyclic) bond motifs is 2. The van der Waals surface area contributed by atoms with Crippen LogP contribution in [0.15, 0.2) is 42.7 Å². The highest BCUT2D eigenvalue weighted by molar-refractivity contribution is 5.79. The van der Waals surface area contributed by atoms with Crippen LogP contribution in [-0.4, -0.2) is 19.5 Å². The summed E-state index contributed by atoms with van der Waals surface area (Å²) < 4.78 is 2.20. The second-order valence-electron chi connectivity index (χ2n) is 6.32. The van der Waals surface area contributed by atoms with E-state index < -0.39 is 0 Å². The van der Waals surface area contributed by atoms with E-state index in [-0.39, 0.29) is 0 Å². The van der Waals surface area contributed by atoms with Crippen LogP contribution in [0.5, 0.6) is 0 Å². The van der Waals surface area contributed by atoms with E-state index in [0.29, 0.717) is 5.92 Å². The lowest BCUT2D eigenvalue weighted by atomic mass is 9.95. The van der Waals surface area contributed by atoms with Crippen molar-refractivity contribution in [2.75, 3.05) is 0 Å². The molecule has 4 rings (SSSR count). The van der Waals surface area contributed by atoms with Gasteiger partial charge in [-0.1, -0.05) is 25.1 Å². The Morgan fingerprint density at radius 3 is 2.87 bits per heavy atom. The van der Waals surface area contributed by atoms with Gasteiger partial charge in [0.05, 0.1) is 28.4 Å². The zero-order valence-electron chi connectivity index (χ0n) is 13.7. The van der Waals surface area contributed by atoms with E-state index in [1.54, 1.807) is 6.33 Å². The van der Waals surface area contributed by atoms with Gasteiger partial charge in [-0.25, -0.2) is 9.97 Å². The Hall–Kier alpha value is -2.62. The maximum Gasteiger partial charge on any atom is 0.110 e. The monoisotopic (exact) mass is 304 g/mol. The van der Waals surface area contributed by atoms with Crippen LogP contribution < -0.4 is 0 Å². The molecule has 0 aliphatic carbocycles. The van der Waals surface area contributed by atoms with Crippen LogP contribution in [0.25, 0.3) is 22.1 Å². The molecule has 1 N–H and O–H groups in total. The Bertz CT molecular complexity index is 993. The second-order valence-corrected chi connectivity index (χ2v) is 6.32. The third-order valence-corrected chi connectivity index (χ3v) is 4.67. The first-order valence-corrected chi connectivity index (χ1v) is 7.97. The molecule has 0 aliphatic rings. The van der Waals surface area contributed by atoms with Crippen molar-refractivity contribution < 1.29 is 0 Å². The van der Waals surface area contributed by atoms with Gasteiger partial charge in [0.2, 0.25) is 0 Å². The summed E-state index contributed by atoms with van der Waals surface area (Å²) in [6, 6.07) is 12.8. The Morgan fingerprint density at radius 1 is 1.22 bits per heavy atom. The maximum atomic E-state index is 4.80. The molecule has 1 unspecified atom stereocenters. The molecule has 0 bridgehead atoms. The zero-order chi connectivity index (χ0) is 16.0. The van der Waals surface area contributed by atoms with Crippen LogP contribution in [0.2, 0.25) is 0 Å². The number of H-pyrrole nitrogens is 1. The molecule has 1 atom stereocenters. The van der Waals surface area contributed by atoms with Gasteiger partial charge in [-0.15, -0.1) is 0 Å². The molecule has 4 heteroatoms. The smallest absolute Gasteiger partial charge is 0.110 e. The quantitative estimate of drug-likeness (QED) is 0.619. The zero-order valence-corrected chi connectivity index (χ0v) is 13.7. The summed E-state index contributed by atoms with van der Waals surface area (Å²) in [5.74, 6) is 1.53. The third-order valence-electron chi connectivity index (χ3n) is 4.67. The molecule has 0 fully saturated rings.